The van der Waals surface area contributed by atoms with Gasteiger partial charge in [-0.05, 0) is 37.6 Å². The van der Waals surface area contributed by atoms with Crippen LogP contribution in [0.15, 0.2) is 24.3 Å². The molecule has 0 unspecified atom stereocenters. The highest BCUT2D eigenvalue weighted by atomic mass is 35.5. The first kappa shape index (κ1) is 11.9. The van der Waals surface area contributed by atoms with E-state index in [1.165, 1.54) is 5.56 Å². The molecule has 0 aliphatic carbocycles. The quantitative estimate of drug-likeness (QED) is 0.875. The summed E-state index contributed by atoms with van der Waals surface area (Å²) in [5.74, 6) is 0.553. The van der Waals surface area contributed by atoms with Crippen molar-refractivity contribution in [1.82, 2.24) is 5.32 Å². The van der Waals surface area contributed by atoms with Crippen molar-refractivity contribution in [1.29, 1.82) is 0 Å². The second kappa shape index (κ2) is 5.67. The zero-order valence-corrected chi connectivity index (χ0v) is 10.3. The van der Waals surface area contributed by atoms with Crippen LogP contribution in [0, 0.1) is 5.92 Å². The van der Waals surface area contributed by atoms with Crippen molar-refractivity contribution in [3.8, 4) is 0 Å². The van der Waals surface area contributed by atoms with Gasteiger partial charge in [-0.3, -0.25) is 0 Å². The average Bonchev–Trinajstić information content (AvgIpc) is 2.30. The summed E-state index contributed by atoms with van der Waals surface area (Å²) < 4.78 is 5.54. The summed E-state index contributed by atoms with van der Waals surface area (Å²) in [6, 6.07) is 8.66. The molecule has 2 atom stereocenters. The van der Waals surface area contributed by atoms with E-state index in [-0.39, 0.29) is 0 Å². The van der Waals surface area contributed by atoms with Crippen molar-refractivity contribution in [2.24, 2.45) is 5.92 Å². The summed E-state index contributed by atoms with van der Waals surface area (Å²) >= 11 is 5.99. The van der Waals surface area contributed by atoms with E-state index >= 15 is 0 Å². The molecule has 1 heterocycles. The molecule has 16 heavy (non-hydrogen) atoms. The zero-order chi connectivity index (χ0) is 11.4. The highest BCUT2D eigenvalue weighted by Crippen LogP contribution is 2.21. The standard InChI is InChI=1S/C13H18ClNO/c1-15-13-5-6-16-9-11(13)7-10-3-2-4-12(14)8-10/h2-4,8,11,13,15H,5-7,9H2,1H3/t11-,13+/m0/s1. The lowest BCUT2D eigenvalue weighted by Gasteiger charge is -2.31. The molecule has 1 N–H and O–H groups in total. The Hall–Kier alpha value is -0.570. The molecule has 88 valence electrons. The van der Waals surface area contributed by atoms with Gasteiger partial charge >= 0.3 is 0 Å². The van der Waals surface area contributed by atoms with E-state index in [0.29, 0.717) is 12.0 Å². The number of rotatable bonds is 3. The molecule has 1 aliphatic heterocycles. The molecule has 0 aromatic heterocycles. The third-order valence-corrected chi connectivity index (χ3v) is 3.47. The summed E-state index contributed by atoms with van der Waals surface area (Å²) in [5.41, 5.74) is 1.29. The van der Waals surface area contributed by atoms with E-state index in [1.54, 1.807) is 0 Å². The lowest BCUT2D eigenvalue weighted by molar-refractivity contribution is 0.0342. The molecule has 1 aromatic rings. The lowest BCUT2D eigenvalue weighted by atomic mass is 9.89. The maximum Gasteiger partial charge on any atom is 0.0512 e. The Morgan fingerprint density at radius 3 is 3.12 bits per heavy atom. The minimum Gasteiger partial charge on any atom is -0.381 e. The van der Waals surface area contributed by atoms with Crippen molar-refractivity contribution in [2.75, 3.05) is 20.3 Å². The Morgan fingerprint density at radius 2 is 2.38 bits per heavy atom. The topological polar surface area (TPSA) is 21.3 Å². The molecule has 1 fully saturated rings. The van der Waals surface area contributed by atoms with Crippen LogP contribution < -0.4 is 5.32 Å². The van der Waals surface area contributed by atoms with Gasteiger partial charge < -0.3 is 10.1 Å². The summed E-state index contributed by atoms with van der Waals surface area (Å²) in [6.07, 6.45) is 2.13. The molecule has 2 nitrogen and oxygen atoms in total. The maximum absolute atomic E-state index is 5.99. The third kappa shape index (κ3) is 2.97. The largest absolute Gasteiger partial charge is 0.381 e. The Labute approximate surface area is 102 Å². The minimum atomic E-state index is 0.553. The molecule has 3 heteroatoms. The Bertz CT molecular complexity index is 342. The van der Waals surface area contributed by atoms with Crippen LogP contribution in [0.4, 0.5) is 0 Å². The molecule has 0 bridgehead atoms. The fourth-order valence-electron chi connectivity index (χ4n) is 2.34. The van der Waals surface area contributed by atoms with Gasteiger partial charge in [-0.25, -0.2) is 0 Å². The molecule has 1 saturated heterocycles. The van der Waals surface area contributed by atoms with Gasteiger partial charge in [0.05, 0.1) is 6.61 Å². The molecule has 2 rings (SSSR count). The van der Waals surface area contributed by atoms with Gasteiger partial charge in [-0.2, -0.15) is 0 Å². The van der Waals surface area contributed by atoms with Crippen LogP contribution in [0.3, 0.4) is 0 Å². The first-order chi connectivity index (χ1) is 7.79. The number of hydrogen-bond donors (Lipinski definition) is 1. The second-order valence-electron chi connectivity index (χ2n) is 4.35. The van der Waals surface area contributed by atoms with Crippen LogP contribution in [-0.4, -0.2) is 26.3 Å². The average molecular weight is 240 g/mol. The summed E-state index contributed by atoms with van der Waals surface area (Å²) in [6.45, 7) is 1.72. The van der Waals surface area contributed by atoms with Crippen LogP contribution in [0.1, 0.15) is 12.0 Å². The lowest BCUT2D eigenvalue weighted by Crippen LogP contribution is -2.41. The second-order valence-corrected chi connectivity index (χ2v) is 4.79. The van der Waals surface area contributed by atoms with Crippen LogP contribution in [-0.2, 0) is 11.2 Å². The molecular weight excluding hydrogens is 222 g/mol. The number of benzene rings is 1. The van der Waals surface area contributed by atoms with Crippen molar-refractivity contribution >= 4 is 11.6 Å². The van der Waals surface area contributed by atoms with E-state index in [9.17, 15) is 0 Å². The SMILES string of the molecule is CN[C@@H]1CCOC[C@@H]1Cc1cccc(Cl)c1. The highest BCUT2D eigenvalue weighted by molar-refractivity contribution is 6.30. The smallest absolute Gasteiger partial charge is 0.0512 e. The molecular formula is C13H18ClNO. The number of ether oxygens (including phenoxy) is 1. The molecule has 0 saturated carbocycles. The molecule has 1 aliphatic rings. The van der Waals surface area contributed by atoms with Crippen molar-refractivity contribution in [2.45, 2.75) is 18.9 Å². The summed E-state index contributed by atoms with van der Waals surface area (Å²) in [5, 5.41) is 4.19. The van der Waals surface area contributed by atoms with Gasteiger partial charge in [0, 0.05) is 23.6 Å². The monoisotopic (exact) mass is 239 g/mol. The van der Waals surface area contributed by atoms with Crippen LogP contribution in [0.5, 0.6) is 0 Å². The molecule has 0 radical (unpaired) electrons. The third-order valence-electron chi connectivity index (χ3n) is 3.23. The number of hydrogen-bond acceptors (Lipinski definition) is 2. The van der Waals surface area contributed by atoms with Gasteiger partial charge in [0.15, 0.2) is 0 Å². The van der Waals surface area contributed by atoms with E-state index < -0.39 is 0 Å². The van der Waals surface area contributed by atoms with Crippen LogP contribution in [0.2, 0.25) is 5.02 Å². The Kier molecular flexibility index (Phi) is 4.22. The number of halogens is 1. The van der Waals surface area contributed by atoms with Crippen molar-refractivity contribution in [3.63, 3.8) is 0 Å². The van der Waals surface area contributed by atoms with Crippen LogP contribution in [0.25, 0.3) is 0 Å². The number of nitrogens with one attached hydrogen (secondary N) is 1. The molecule has 0 spiro atoms. The predicted molar refractivity (Wildman–Crippen MR) is 66.9 cm³/mol. The van der Waals surface area contributed by atoms with Gasteiger partial charge in [0.25, 0.3) is 0 Å². The molecule has 0 amide bonds. The van der Waals surface area contributed by atoms with E-state index in [0.717, 1.165) is 31.1 Å². The van der Waals surface area contributed by atoms with E-state index in [4.69, 9.17) is 16.3 Å². The van der Waals surface area contributed by atoms with Gasteiger partial charge in [-0.15, -0.1) is 0 Å². The summed E-state index contributed by atoms with van der Waals surface area (Å²) in [7, 11) is 2.03. The first-order valence-electron chi connectivity index (χ1n) is 5.79. The first-order valence-corrected chi connectivity index (χ1v) is 6.17. The van der Waals surface area contributed by atoms with Gasteiger partial charge in [-0.1, -0.05) is 23.7 Å². The van der Waals surface area contributed by atoms with E-state index in [1.807, 2.05) is 25.2 Å². The van der Waals surface area contributed by atoms with Gasteiger partial charge in [0.1, 0.15) is 0 Å². The van der Waals surface area contributed by atoms with Gasteiger partial charge in [0.2, 0.25) is 0 Å². The molecule has 1 aromatic carbocycles. The maximum atomic E-state index is 5.99. The zero-order valence-electron chi connectivity index (χ0n) is 9.58. The van der Waals surface area contributed by atoms with Crippen molar-refractivity contribution in [3.05, 3.63) is 34.9 Å². The fraction of sp³-hybridized carbons (Fsp3) is 0.538. The Balaban J connectivity index is 2.02. The Morgan fingerprint density at radius 1 is 1.50 bits per heavy atom. The highest BCUT2D eigenvalue weighted by Gasteiger charge is 2.24. The van der Waals surface area contributed by atoms with Crippen LogP contribution >= 0.6 is 11.6 Å². The predicted octanol–water partition coefficient (Wildman–Crippen LogP) is 2.51. The summed E-state index contributed by atoms with van der Waals surface area (Å²) in [4.78, 5) is 0. The minimum absolute atomic E-state index is 0.553. The van der Waals surface area contributed by atoms with Crippen molar-refractivity contribution < 1.29 is 4.74 Å². The fourth-order valence-corrected chi connectivity index (χ4v) is 2.56. The normalized spacial score (nSPS) is 25.6. The van der Waals surface area contributed by atoms with E-state index in [2.05, 4.69) is 11.4 Å².